The lowest BCUT2D eigenvalue weighted by atomic mass is 9.84. The second kappa shape index (κ2) is 5.48. The molecule has 106 valence electrons. The predicted octanol–water partition coefficient (Wildman–Crippen LogP) is 4.32. The van der Waals surface area contributed by atoms with Crippen LogP contribution in [0.4, 0.5) is 19.0 Å². The van der Waals surface area contributed by atoms with Gasteiger partial charge in [0.05, 0.1) is 5.56 Å². The third-order valence-corrected chi connectivity index (χ3v) is 4.00. The zero-order valence-electron chi connectivity index (χ0n) is 10.2. The van der Waals surface area contributed by atoms with Crippen LogP contribution in [-0.2, 0) is 6.18 Å². The maximum Gasteiger partial charge on any atom is 0.419 e. The number of nitrogens with zero attached hydrogens (tertiary/aromatic N) is 2. The Bertz CT molecular complexity index is 461. The van der Waals surface area contributed by atoms with E-state index in [2.05, 4.69) is 20.9 Å². The van der Waals surface area contributed by atoms with Crippen molar-refractivity contribution in [3.05, 3.63) is 22.3 Å². The van der Waals surface area contributed by atoms with Crippen molar-refractivity contribution in [2.75, 3.05) is 18.5 Å². The van der Waals surface area contributed by atoms with E-state index in [0.717, 1.165) is 18.9 Å². The van der Waals surface area contributed by atoms with Gasteiger partial charge in [0.15, 0.2) is 0 Å². The first-order valence-corrected chi connectivity index (χ1v) is 7.08. The molecule has 1 aromatic rings. The molecule has 2 nitrogen and oxygen atoms in total. The van der Waals surface area contributed by atoms with Crippen LogP contribution < -0.4 is 4.90 Å². The van der Waals surface area contributed by atoms with Crippen LogP contribution >= 0.6 is 27.5 Å². The van der Waals surface area contributed by atoms with Gasteiger partial charge in [0.2, 0.25) is 0 Å². The monoisotopic (exact) mass is 356 g/mol. The molecule has 1 aliphatic carbocycles. The maximum absolute atomic E-state index is 13.0. The number of rotatable bonds is 3. The van der Waals surface area contributed by atoms with E-state index in [1.54, 1.807) is 11.9 Å². The third-order valence-electron chi connectivity index (χ3n) is 3.21. The standard InChI is InChI=1S/C12H13BrClF3N2/c1-19(6-7-2-9(14)3-7)11-10(12(15,16)17)4-8(13)5-18-11/h4-5,7,9H,2-3,6H2,1H3. The van der Waals surface area contributed by atoms with Crippen molar-refractivity contribution < 1.29 is 13.2 Å². The second-order valence-electron chi connectivity index (χ2n) is 4.84. The summed E-state index contributed by atoms with van der Waals surface area (Å²) in [6, 6.07) is 1.06. The van der Waals surface area contributed by atoms with Gasteiger partial charge in [0.1, 0.15) is 5.82 Å². The highest BCUT2D eigenvalue weighted by molar-refractivity contribution is 9.10. The van der Waals surface area contributed by atoms with Crippen LogP contribution in [0.25, 0.3) is 0 Å². The second-order valence-corrected chi connectivity index (χ2v) is 6.37. The van der Waals surface area contributed by atoms with Crippen LogP contribution in [0.2, 0.25) is 0 Å². The number of pyridine rings is 1. The molecule has 1 heterocycles. The summed E-state index contributed by atoms with van der Waals surface area (Å²) in [6.07, 6.45) is -1.32. The molecule has 0 bridgehead atoms. The van der Waals surface area contributed by atoms with Crippen molar-refractivity contribution in [2.45, 2.75) is 24.4 Å². The molecule has 0 aliphatic heterocycles. The van der Waals surface area contributed by atoms with E-state index in [-0.39, 0.29) is 11.2 Å². The van der Waals surface area contributed by atoms with E-state index in [1.807, 2.05) is 0 Å². The summed E-state index contributed by atoms with van der Waals surface area (Å²) < 4.78 is 39.2. The maximum atomic E-state index is 13.0. The SMILES string of the molecule is CN(CC1CC(Cl)C1)c1ncc(Br)cc1C(F)(F)F. The Labute approximate surface area is 123 Å². The Kier molecular flexibility index (Phi) is 4.30. The number of halogens is 5. The minimum absolute atomic E-state index is 0.0336. The molecule has 19 heavy (non-hydrogen) atoms. The van der Waals surface area contributed by atoms with Crippen molar-refractivity contribution >= 4 is 33.3 Å². The lowest BCUT2D eigenvalue weighted by Crippen LogP contribution is -2.36. The van der Waals surface area contributed by atoms with E-state index >= 15 is 0 Å². The third kappa shape index (κ3) is 3.54. The van der Waals surface area contributed by atoms with Crippen LogP contribution in [-0.4, -0.2) is 24.0 Å². The van der Waals surface area contributed by atoms with Crippen LogP contribution in [0, 0.1) is 5.92 Å². The van der Waals surface area contributed by atoms with Gasteiger partial charge in [-0.15, -0.1) is 11.6 Å². The molecule has 0 N–H and O–H groups in total. The molecule has 0 atom stereocenters. The number of hydrogen-bond donors (Lipinski definition) is 0. The lowest BCUT2D eigenvalue weighted by molar-refractivity contribution is -0.137. The summed E-state index contributed by atoms with van der Waals surface area (Å²) >= 11 is 8.90. The van der Waals surface area contributed by atoms with E-state index in [9.17, 15) is 13.2 Å². The number of anilines is 1. The van der Waals surface area contributed by atoms with Crippen molar-refractivity contribution in [3.63, 3.8) is 0 Å². The van der Waals surface area contributed by atoms with E-state index < -0.39 is 11.7 Å². The highest BCUT2D eigenvalue weighted by atomic mass is 79.9. The van der Waals surface area contributed by atoms with Crippen LogP contribution in [0.3, 0.4) is 0 Å². The van der Waals surface area contributed by atoms with Gasteiger partial charge in [-0.2, -0.15) is 13.2 Å². The fraction of sp³-hybridized carbons (Fsp3) is 0.583. The Morgan fingerprint density at radius 3 is 2.63 bits per heavy atom. The van der Waals surface area contributed by atoms with Crippen LogP contribution in [0.5, 0.6) is 0 Å². The minimum Gasteiger partial charge on any atom is -0.359 e. The van der Waals surface area contributed by atoms with Crippen LogP contribution in [0.15, 0.2) is 16.7 Å². The van der Waals surface area contributed by atoms with Gasteiger partial charge in [0, 0.05) is 29.6 Å². The fourth-order valence-electron chi connectivity index (χ4n) is 2.22. The summed E-state index contributed by atoms with van der Waals surface area (Å²) in [5.74, 6) is 0.313. The molecular formula is C12H13BrClF3N2. The largest absolute Gasteiger partial charge is 0.419 e. The Morgan fingerprint density at radius 1 is 1.47 bits per heavy atom. The Morgan fingerprint density at radius 2 is 2.11 bits per heavy atom. The highest BCUT2D eigenvalue weighted by Crippen LogP contribution is 2.38. The first-order chi connectivity index (χ1) is 8.77. The molecule has 1 fully saturated rings. The van der Waals surface area contributed by atoms with Gasteiger partial charge < -0.3 is 4.90 Å². The van der Waals surface area contributed by atoms with Crippen molar-refractivity contribution in [3.8, 4) is 0 Å². The molecule has 7 heteroatoms. The van der Waals surface area contributed by atoms with E-state index in [0.29, 0.717) is 16.9 Å². The van der Waals surface area contributed by atoms with Crippen molar-refractivity contribution in [1.29, 1.82) is 0 Å². The Balaban J connectivity index is 2.18. The molecular weight excluding hydrogens is 344 g/mol. The molecule has 1 saturated carbocycles. The number of alkyl halides is 4. The summed E-state index contributed by atoms with van der Waals surface area (Å²) in [6.45, 7) is 0.543. The molecule has 1 aromatic heterocycles. The first-order valence-electron chi connectivity index (χ1n) is 5.85. The summed E-state index contributed by atoms with van der Waals surface area (Å²) in [7, 11) is 1.63. The minimum atomic E-state index is -4.41. The predicted molar refractivity (Wildman–Crippen MR) is 72.6 cm³/mol. The first kappa shape index (κ1) is 14.9. The summed E-state index contributed by atoms with van der Waals surface area (Å²) in [5, 5.41) is 0.165. The summed E-state index contributed by atoms with van der Waals surface area (Å²) in [4.78, 5) is 5.46. The zero-order valence-corrected chi connectivity index (χ0v) is 12.6. The number of aromatic nitrogens is 1. The van der Waals surface area contributed by atoms with E-state index in [1.165, 1.54) is 6.20 Å². The molecule has 0 spiro atoms. The average Bonchev–Trinajstić information content (AvgIpc) is 2.25. The lowest BCUT2D eigenvalue weighted by Gasteiger charge is -2.35. The van der Waals surface area contributed by atoms with E-state index in [4.69, 9.17) is 11.6 Å². The smallest absolute Gasteiger partial charge is 0.359 e. The van der Waals surface area contributed by atoms with Crippen molar-refractivity contribution in [1.82, 2.24) is 4.98 Å². The molecule has 0 aromatic carbocycles. The number of hydrogen-bond acceptors (Lipinski definition) is 2. The molecule has 0 saturated heterocycles. The molecule has 0 unspecified atom stereocenters. The van der Waals surface area contributed by atoms with Gasteiger partial charge >= 0.3 is 6.18 Å². The van der Waals surface area contributed by atoms with Gasteiger partial charge in [-0.1, -0.05) is 0 Å². The quantitative estimate of drug-likeness (QED) is 0.749. The molecule has 0 radical (unpaired) electrons. The fourth-order valence-corrected chi connectivity index (χ4v) is 3.06. The van der Waals surface area contributed by atoms with Gasteiger partial charge in [-0.25, -0.2) is 4.98 Å². The Hall–Kier alpha value is -0.490. The topological polar surface area (TPSA) is 16.1 Å². The van der Waals surface area contributed by atoms with Crippen molar-refractivity contribution in [2.24, 2.45) is 5.92 Å². The average molecular weight is 358 g/mol. The summed E-state index contributed by atoms with van der Waals surface area (Å²) in [5.41, 5.74) is -0.717. The van der Waals surface area contributed by atoms with Gasteiger partial charge in [-0.05, 0) is 40.8 Å². The molecule has 0 amide bonds. The normalized spacial score (nSPS) is 23.1. The molecule has 2 rings (SSSR count). The van der Waals surface area contributed by atoms with Crippen LogP contribution in [0.1, 0.15) is 18.4 Å². The highest BCUT2D eigenvalue weighted by Gasteiger charge is 2.36. The van der Waals surface area contributed by atoms with Gasteiger partial charge in [0.25, 0.3) is 0 Å². The molecule has 1 aliphatic rings. The van der Waals surface area contributed by atoms with Gasteiger partial charge in [-0.3, -0.25) is 0 Å². The zero-order chi connectivity index (χ0) is 14.2.